The van der Waals surface area contributed by atoms with E-state index in [1.807, 2.05) is 0 Å². The highest BCUT2D eigenvalue weighted by Crippen LogP contribution is 2.19. The molecule has 0 fully saturated rings. The summed E-state index contributed by atoms with van der Waals surface area (Å²) in [4.78, 5) is -0.551. The number of nitrogens with zero attached hydrogens (tertiary/aromatic N) is 2. The number of sulfonamides is 1. The van der Waals surface area contributed by atoms with Gasteiger partial charge in [0.1, 0.15) is 10.7 Å². The van der Waals surface area contributed by atoms with Crippen molar-refractivity contribution in [2.24, 2.45) is 0 Å². The fourth-order valence-corrected chi connectivity index (χ4v) is 2.53. The largest absolute Gasteiger partial charge is 0.392 e. The predicted octanol–water partition coefficient (Wildman–Crippen LogP) is 0.909. The van der Waals surface area contributed by atoms with E-state index in [-0.39, 0.29) is 12.4 Å². The van der Waals surface area contributed by atoms with E-state index in [1.165, 1.54) is 24.4 Å². The van der Waals surface area contributed by atoms with Gasteiger partial charge < -0.3 is 5.11 Å². The Bertz CT molecular complexity index is 677. The van der Waals surface area contributed by atoms with Crippen molar-refractivity contribution in [2.75, 3.05) is 4.72 Å². The van der Waals surface area contributed by atoms with Crippen LogP contribution in [0.2, 0.25) is 0 Å². The zero-order chi connectivity index (χ0) is 13.9. The molecule has 19 heavy (non-hydrogen) atoms. The molecule has 100 valence electrons. The molecule has 0 spiro atoms. The Morgan fingerprint density at radius 3 is 2.74 bits per heavy atom. The van der Waals surface area contributed by atoms with Crippen LogP contribution in [0.15, 0.2) is 41.4 Å². The second-order valence-corrected chi connectivity index (χ2v) is 5.29. The van der Waals surface area contributed by atoms with E-state index in [4.69, 9.17) is 5.11 Å². The molecule has 2 N–H and O–H groups in total. The molecule has 8 heteroatoms. The van der Waals surface area contributed by atoms with Gasteiger partial charge in [0.2, 0.25) is 0 Å². The predicted molar refractivity (Wildman–Crippen MR) is 65.2 cm³/mol. The molecule has 0 aliphatic carbocycles. The number of aliphatic hydroxyl groups excluding tert-OH is 1. The van der Waals surface area contributed by atoms with Crippen molar-refractivity contribution in [1.82, 2.24) is 10.2 Å². The summed E-state index contributed by atoms with van der Waals surface area (Å²) in [6, 6.07) is 6.23. The lowest BCUT2D eigenvalue weighted by molar-refractivity contribution is 0.281. The smallest absolute Gasteiger partial charge is 0.266 e. The summed E-state index contributed by atoms with van der Waals surface area (Å²) in [5, 5.41) is 16.0. The van der Waals surface area contributed by atoms with Crippen LogP contribution >= 0.6 is 0 Å². The monoisotopic (exact) mass is 283 g/mol. The highest BCUT2D eigenvalue weighted by atomic mass is 32.2. The first-order valence-corrected chi connectivity index (χ1v) is 6.71. The van der Waals surface area contributed by atoms with E-state index in [9.17, 15) is 12.8 Å². The van der Waals surface area contributed by atoms with Gasteiger partial charge in [0.25, 0.3) is 10.0 Å². The summed E-state index contributed by atoms with van der Waals surface area (Å²) in [5.74, 6) is -0.926. The van der Waals surface area contributed by atoms with Crippen molar-refractivity contribution >= 4 is 15.8 Å². The Hall–Kier alpha value is -2.06. The average Bonchev–Trinajstić information content (AvgIpc) is 2.39. The molecule has 1 aromatic carbocycles. The summed E-state index contributed by atoms with van der Waals surface area (Å²) in [5.41, 5.74) is 0.293. The van der Waals surface area contributed by atoms with Crippen LogP contribution in [0.25, 0.3) is 0 Å². The number of hydrogen-bond donors (Lipinski definition) is 2. The van der Waals surface area contributed by atoms with Crippen LogP contribution in [-0.4, -0.2) is 23.7 Å². The highest BCUT2D eigenvalue weighted by Gasteiger charge is 2.20. The number of benzene rings is 1. The van der Waals surface area contributed by atoms with Crippen molar-refractivity contribution in [2.45, 2.75) is 11.5 Å². The van der Waals surface area contributed by atoms with Gasteiger partial charge in [-0.3, -0.25) is 4.72 Å². The maximum absolute atomic E-state index is 13.6. The topological polar surface area (TPSA) is 92.2 Å². The Morgan fingerprint density at radius 2 is 2.11 bits per heavy atom. The molecule has 0 bridgehead atoms. The van der Waals surface area contributed by atoms with E-state index in [1.54, 1.807) is 0 Å². The quantitative estimate of drug-likeness (QED) is 0.870. The molecule has 2 rings (SSSR count). The molecular weight excluding hydrogens is 273 g/mol. The van der Waals surface area contributed by atoms with Crippen LogP contribution in [-0.2, 0) is 16.6 Å². The Morgan fingerprint density at radius 1 is 1.32 bits per heavy atom. The van der Waals surface area contributed by atoms with Gasteiger partial charge in [-0.25, -0.2) is 12.8 Å². The minimum absolute atomic E-state index is 0.0173. The van der Waals surface area contributed by atoms with Gasteiger partial charge in [-0.2, -0.15) is 5.10 Å². The number of anilines is 1. The van der Waals surface area contributed by atoms with Crippen LogP contribution in [0.5, 0.6) is 0 Å². The third-order valence-corrected chi connectivity index (χ3v) is 3.65. The molecular formula is C11H10FN3O3S. The normalized spacial score (nSPS) is 11.3. The second-order valence-electron chi connectivity index (χ2n) is 3.64. The third-order valence-electron chi connectivity index (χ3n) is 2.28. The average molecular weight is 283 g/mol. The molecule has 0 atom stereocenters. The molecule has 0 unspecified atom stereocenters. The number of rotatable bonds is 4. The van der Waals surface area contributed by atoms with Crippen molar-refractivity contribution < 1.29 is 17.9 Å². The van der Waals surface area contributed by atoms with Crippen molar-refractivity contribution in [3.05, 3.63) is 47.9 Å². The molecule has 0 saturated heterocycles. The molecule has 6 nitrogen and oxygen atoms in total. The van der Waals surface area contributed by atoms with Gasteiger partial charge >= 0.3 is 0 Å². The summed E-state index contributed by atoms with van der Waals surface area (Å²) in [7, 11) is -4.12. The van der Waals surface area contributed by atoms with Gasteiger partial charge in [0.15, 0.2) is 5.82 Å². The first-order chi connectivity index (χ1) is 9.03. The van der Waals surface area contributed by atoms with E-state index in [2.05, 4.69) is 14.9 Å². The van der Waals surface area contributed by atoms with E-state index in [0.29, 0.717) is 5.56 Å². The van der Waals surface area contributed by atoms with Crippen LogP contribution in [0.1, 0.15) is 5.56 Å². The number of nitrogens with one attached hydrogen (secondary N) is 1. The van der Waals surface area contributed by atoms with Crippen molar-refractivity contribution in [1.29, 1.82) is 0 Å². The van der Waals surface area contributed by atoms with Gasteiger partial charge in [0, 0.05) is 6.20 Å². The first kappa shape index (κ1) is 13.4. The van der Waals surface area contributed by atoms with Crippen molar-refractivity contribution in [3.8, 4) is 0 Å². The van der Waals surface area contributed by atoms with Crippen LogP contribution < -0.4 is 4.72 Å². The second kappa shape index (κ2) is 5.29. The van der Waals surface area contributed by atoms with Crippen LogP contribution in [0, 0.1) is 5.82 Å². The van der Waals surface area contributed by atoms with E-state index in [0.717, 1.165) is 12.1 Å². The fourth-order valence-electron chi connectivity index (χ4n) is 1.40. The summed E-state index contributed by atoms with van der Waals surface area (Å²) >= 11 is 0. The van der Waals surface area contributed by atoms with Crippen molar-refractivity contribution in [3.63, 3.8) is 0 Å². The molecule has 0 aliphatic heterocycles. The lowest BCUT2D eigenvalue weighted by atomic mass is 10.2. The maximum Gasteiger partial charge on any atom is 0.266 e. The molecule has 2 aromatic rings. The maximum atomic E-state index is 13.6. The Balaban J connectivity index is 2.39. The lowest BCUT2D eigenvalue weighted by Crippen LogP contribution is -2.16. The summed E-state index contributed by atoms with van der Waals surface area (Å²) in [6.45, 7) is -0.381. The van der Waals surface area contributed by atoms with Crippen LogP contribution in [0.4, 0.5) is 10.2 Å². The minimum Gasteiger partial charge on any atom is -0.392 e. The van der Waals surface area contributed by atoms with Gasteiger partial charge in [-0.05, 0) is 29.8 Å². The lowest BCUT2D eigenvalue weighted by Gasteiger charge is -2.08. The van der Waals surface area contributed by atoms with Gasteiger partial charge in [-0.1, -0.05) is 6.07 Å². The number of halogens is 1. The highest BCUT2D eigenvalue weighted by molar-refractivity contribution is 7.92. The molecule has 1 heterocycles. The zero-order valence-corrected chi connectivity index (χ0v) is 10.4. The minimum atomic E-state index is -4.12. The molecule has 0 radical (unpaired) electrons. The Labute approximate surface area is 109 Å². The summed E-state index contributed by atoms with van der Waals surface area (Å²) < 4.78 is 39.7. The SMILES string of the molecule is O=S(=O)(Nc1cccnn1)c1cc(CO)ccc1F. The fraction of sp³-hybridized carbons (Fsp3) is 0.0909. The first-order valence-electron chi connectivity index (χ1n) is 5.23. The molecule has 0 amide bonds. The van der Waals surface area contributed by atoms with E-state index < -0.39 is 20.7 Å². The molecule has 0 aliphatic rings. The standard InChI is InChI=1S/C11H10FN3O3S/c12-9-4-3-8(7-16)6-10(9)19(17,18)15-11-2-1-5-13-14-11/h1-6,16H,7H2,(H,14,15). The van der Waals surface area contributed by atoms with E-state index >= 15 is 0 Å². The van der Waals surface area contributed by atoms with Gasteiger partial charge in [0.05, 0.1) is 6.61 Å². The zero-order valence-electron chi connectivity index (χ0n) is 9.62. The Kier molecular flexibility index (Phi) is 3.72. The molecule has 1 aromatic heterocycles. The van der Waals surface area contributed by atoms with Crippen LogP contribution in [0.3, 0.4) is 0 Å². The molecule has 0 saturated carbocycles. The van der Waals surface area contributed by atoms with Gasteiger partial charge in [-0.15, -0.1) is 5.10 Å². The number of aromatic nitrogens is 2. The summed E-state index contributed by atoms with van der Waals surface area (Å²) in [6.07, 6.45) is 1.38. The number of aliphatic hydroxyl groups is 1. The number of hydrogen-bond acceptors (Lipinski definition) is 5. The third kappa shape index (κ3) is 3.04.